The molecule has 0 aromatic heterocycles. The lowest BCUT2D eigenvalue weighted by Gasteiger charge is -2.10. The quantitative estimate of drug-likeness (QED) is 0.668. The second-order valence-electron chi connectivity index (χ2n) is 1.84. The molecule has 0 saturated carbocycles. The largest absolute Gasteiger partial charge is 0.341 e. The summed E-state index contributed by atoms with van der Waals surface area (Å²) in [6, 6.07) is 0. The molecule has 0 saturated heterocycles. The van der Waals surface area contributed by atoms with Crippen LogP contribution in [0.2, 0.25) is 0 Å². The molecule has 0 bridgehead atoms. The van der Waals surface area contributed by atoms with Gasteiger partial charge in [-0.15, -0.1) is 10.1 Å². The van der Waals surface area contributed by atoms with E-state index in [9.17, 15) is 9.79 Å². The average molecular weight is 200 g/mol. The number of hydrogen-bond donors (Lipinski definition) is 2. The molecular formula is C5H13O2PS2. The van der Waals surface area contributed by atoms with Crippen LogP contribution in [0.15, 0.2) is 11.5 Å². The molecule has 0 unspecified atom stereocenters. The lowest BCUT2D eigenvalue weighted by atomic mass is 10.8. The summed E-state index contributed by atoms with van der Waals surface area (Å²) in [4.78, 5) is 18.6. The fraction of sp³-hybridized carbons (Fsp3) is 0.600. The van der Waals surface area contributed by atoms with Crippen LogP contribution in [0.25, 0.3) is 0 Å². The highest BCUT2D eigenvalue weighted by Gasteiger charge is 2.08. The topological polar surface area (TPSA) is 40.5 Å². The molecule has 0 heterocycles. The molecule has 0 rings (SSSR count). The van der Waals surface area contributed by atoms with E-state index in [1.54, 1.807) is 11.5 Å². The molecule has 0 amide bonds. The Kier molecular flexibility index (Phi) is 4.99. The zero-order valence-electron chi connectivity index (χ0n) is 6.31. The first-order valence-electron chi connectivity index (χ1n) is 2.73. The van der Waals surface area contributed by atoms with Gasteiger partial charge in [-0.3, -0.25) is 0 Å². The fourth-order valence-electron chi connectivity index (χ4n) is 0.226. The predicted octanol–water partition coefficient (Wildman–Crippen LogP) is 1.79. The van der Waals surface area contributed by atoms with Gasteiger partial charge < -0.3 is 9.79 Å². The highest BCUT2D eigenvalue weighted by atomic mass is 32.9. The standard InChI is InChI=1S/C5H13O2PS2/c1-4-5-9-8(6,7)10(2)3/h4-7H,1-3H3. The first-order chi connectivity index (χ1) is 4.50. The summed E-state index contributed by atoms with van der Waals surface area (Å²) >= 11 is 1.14. The predicted molar refractivity (Wildman–Crippen MR) is 53.0 cm³/mol. The Labute approximate surface area is 68.2 Å². The average Bonchev–Trinajstić information content (AvgIpc) is 1.84. The zero-order valence-corrected chi connectivity index (χ0v) is 8.84. The zero-order chi connectivity index (χ0) is 8.20. The Morgan fingerprint density at radius 2 is 1.90 bits per heavy atom. The summed E-state index contributed by atoms with van der Waals surface area (Å²) in [6.45, 7) is 1.86. The van der Waals surface area contributed by atoms with E-state index < -0.39 is 5.69 Å². The third kappa shape index (κ3) is 3.84. The van der Waals surface area contributed by atoms with Crippen LogP contribution in [-0.2, 0) is 10.1 Å². The normalized spacial score (nSPS) is 13.4. The van der Waals surface area contributed by atoms with Crippen molar-refractivity contribution in [2.24, 2.45) is 0 Å². The van der Waals surface area contributed by atoms with Crippen LogP contribution in [0.3, 0.4) is 0 Å². The molecule has 0 aliphatic rings. The molecule has 10 heavy (non-hydrogen) atoms. The van der Waals surface area contributed by atoms with Crippen LogP contribution in [0.1, 0.15) is 6.92 Å². The van der Waals surface area contributed by atoms with E-state index in [1.807, 2.05) is 19.4 Å². The molecule has 5 heteroatoms. The van der Waals surface area contributed by atoms with Crippen molar-refractivity contribution in [3.63, 3.8) is 0 Å². The van der Waals surface area contributed by atoms with Crippen molar-refractivity contribution >= 4 is 27.1 Å². The minimum absolute atomic E-state index is 0.293. The van der Waals surface area contributed by atoms with Gasteiger partial charge in [0, 0.05) is 0 Å². The van der Waals surface area contributed by atoms with Gasteiger partial charge in [0.1, 0.15) is 0 Å². The third-order valence-electron chi connectivity index (χ3n) is 0.810. The van der Waals surface area contributed by atoms with Crippen molar-refractivity contribution in [3.8, 4) is 0 Å². The molecule has 0 atom stereocenters. The molecule has 2 nitrogen and oxygen atoms in total. The van der Waals surface area contributed by atoms with Gasteiger partial charge in [0.2, 0.25) is 5.69 Å². The SMILES string of the molecule is CC=CSP(O)(O)=S(C)C. The minimum Gasteiger partial charge on any atom is -0.341 e. The summed E-state index contributed by atoms with van der Waals surface area (Å²) < 4.78 is 0. The highest BCUT2D eigenvalue weighted by molar-refractivity contribution is 8.73. The Balaban J connectivity index is 4.29. The second kappa shape index (κ2) is 4.62. The van der Waals surface area contributed by atoms with Crippen molar-refractivity contribution in [1.29, 1.82) is 0 Å². The summed E-state index contributed by atoms with van der Waals surface area (Å²) in [7, 11) is -0.293. The third-order valence-corrected chi connectivity index (χ3v) is 9.93. The van der Waals surface area contributed by atoms with Gasteiger partial charge in [0.05, 0.1) is 0 Å². The summed E-state index contributed by atoms with van der Waals surface area (Å²) in [5.41, 5.74) is -2.67. The molecule has 0 aromatic rings. The maximum atomic E-state index is 9.31. The van der Waals surface area contributed by atoms with E-state index in [1.165, 1.54) is 0 Å². The summed E-state index contributed by atoms with van der Waals surface area (Å²) in [5.74, 6) is 0. The Morgan fingerprint density at radius 3 is 2.20 bits per heavy atom. The van der Waals surface area contributed by atoms with Gasteiger partial charge in [-0.2, -0.15) is 0 Å². The monoisotopic (exact) mass is 200 g/mol. The van der Waals surface area contributed by atoms with E-state index >= 15 is 0 Å². The number of rotatable bonds is 2. The van der Waals surface area contributed by atoms with Crippen LogP contribution < -0.4 is 0 Å². The van der Waals surface area contributed by atoms with Gasteiger partial charge in [-0.25, -0.2) is 0 Å². The van der Waals surface area contributed by atoms with Crippen molar-refractivity contribution in [2.45, 2.75) is 6.92 Å². The fourth-order valence-corrected chi connectivity index (χ4v) is 4.03. The molecule has 0 aromatic carbocycles. The van der Waals surface area contributed by atoms with E-state index in [0.29, 0.717) is 0 Å². The second-order valence-corrected chi connectivity index (χ2v) is 11.4. The smallest absolute Gasteiger partial charge is 0.205 e. The molecular weight excluding hydrogens is 187 g/mol. The van der Waals surface area contributed by atoms with Crippen LogP contribution in [0, 0.1) is 0 Å². The Bertz CT molecular complexity index is 178. The van der Waals surface area contributed by atoms with Crippen LogP contribution in [-0.4, -0.2) is 22.3 Å². The van der Waals surface area contributed by atoms with Crippen molar-refractivity contribution in [3.05, 3.63) is 11.5 Å². The Hall–Kier alpha value is 0.790. The van der Waals surface area contributed by atoms with E-state index in [0.717, 1.165) is 11.4 Å². The molecule has 0 fully saturated rings. The molecule has 0 spiro atoms. The molecule has 2 N–H and O–H groups in total. The first kappa shape index (κ1) is 10.8. The summed E-state index contributed by atoms with van der Waals surface area (Å²) in [6.07, 6.45) is 5.48. The maximum absolute atomic E-state index is 9.31. The van der Waals surface area contributed by atoms with Crippen molar-refractivity contribution in [2.75, 3.05) is 12.5 Å². The van der Waals surface area contributed by atoms with Crippen molar-refractivity contribution in [1.82, 2.24) is 0 Å². The van der Waals surface area contributed by atoms with Crippen LogP contribution >= 0.6 is 17.1 Å². The van der Waals surface area contributed by atoms with Gasteiger partial charge in [-0.05, 0) is 36.2 Å². The van der Waals surface area contributed by atoms with Gasteiger partial charge >= 0.3 is 0 Å². The lowest BCUT2D eigenvalue weighted by molar-refractivity contribution is 0.502. The van der Waals surface area contributed by atoms with Crippen LogP contribution in [0.4, 0.5) is 0 Å². The summed E-state index contributed by atoms with van der Waals surface area (Å²) in [5, 5.41) is 1.72. The van der Waals surface area contributed by atoms with Gasteiger partial charge in [0.25, 0.3) is 0 Å². The van der Waals surface area contributed by atoms with Gasteiger partial charge in [-0.1, -0.05) is 6.08 Å². The minimum atomic E-state index is -2.67. The Morgan fingerprint density at radius 1 is 1.40 bits per heavy atom. The molecule has 0 radical (unpaired) electrons. The van der Waals surface area contributed by atoms with E-state index in [4.69, 9.17) is 0 Å². The van der Waals surface area contributed by atoms with Crippen molar-refractivity contribution < 1.29 is 9.79 Å². The first-order valence-corrected chi connectivity index (χ1v) is 8.55. The van der Waals surface area contributed by atoms with Crippen LogP contribution in [0.5, 0.6) is 0 Å². The number of allylic oxidation sites excluding steroid dienone is 1. The molecule has 62 valence electrons. The lowest BCUT2D eigenvalue weighted by Crippen LogP contribution is -1.82. The number of hydrogen-bond acceptors (Lipinski definition) is 1. The van der Waals surface area contributed by atoms with Gasteiger partial charge in [0.15, 0.2) is 0 Å². The molecule has 0 aliphatic heterocycles. The highest BCUT2D eigenvalue weighted by Crippen LogP contribution is 2.55. The van der Waals surface area contributed by atoms with E-state index in [-0.39, 0.29) is 10.1 Å². The molecule has 0 aliphatic carbocycles. The maximum Gasteiger partial charge on any atom is 0.205 e. The van der Waals surface area contributed by atoms with E-state index in [2.05, 4.69) is 0 Å².